The molecule has 0 saturated heterocycles. The van der Waals surface area contributed by atoms with Gasteiger partial charge in [-0.3, -0.25) is 4.90 Å². The summed E-state index contributed by atoms with van der Waals surface area (Å²) in [7, 11) is 1.96. The molecular weight excluding hydrogens is 138 g/mol. The monoisotopic (exact) mass is 149 g/mol. The van der Waals surface area contributed by atoms with E-state index in [2.05, 4.69) is 5.92 Å². The molecule has 2 nitrogen and oxygen atoms in total. The molecule has 0 unspecified atom stereocenters. The van der Waals surface area contributed by atoms with E-state index in [4.69, 9.17) is 10.8 Å². The van der Waals surface area contributed by atoms with Gasteiger partial charge in [0.05, 0.1) is 19.4 Å². The molecular formula is C9H11NO. The molecule has 0 fully saturated rings. The van der Waals surface area contributed by atoms with E-state index in [0.29, 0.717) is 6.54 Å². The molecule has 0 atom stereocenters. The van der Waals surface area contributed by atoms with Crippen LogP contribution in [0.15, 0.2) is 22.8 Å². The first kappa shape index (κ1) is 7.90. The molecule has 0 N–H and O–H groups in total. The highest BCUT2D eigenvalue weighted by Gasteiger charge is 1.98. The highest BCUT2D eigenvalue weighted by Crippen LogP contribution is 2.02. The summed E-state index contributed by atoms with van der Waals surface area (Å²) < 4.78 is 5.14. The lowest BCUT2D eigenvalue weighted by atomic mass is 10.4. The highest BCUT2D eigenvalue weighted by atomic mass is 16.3. The predicted molar refractivity (Wildman–Crippen MR) is 43.9 cm³/mol. The second kappa shape index (κ2) is 3.85. The maximum absolute atomic E-state index is 5.14. The summed E-state index contributed by atoms with van der Waals surface area (Å²) in [4.78, 5) is 2.01. The fraction of sp³-hybridized carbons (Fsp3) is 0.333. The normalized spacial score (nSPS) is 9.91. The molecule has 0 bridgehead atoms. The maximum Gasteiger partial charge on any atom is 0.117 e. The van der Waals surface area contributed by atoms with Crippen LogP contribution in [0.4, 0.5) is 0 Å². The van der Waals surface area contributed by atoms with Gasteiger partial charge in [0, 0.05) is 0 Å². The molecule has 0 aliphatic heterocycles. The number of nitrogens with zero attached hydrogens (tertiary/aromatic N) is 1. The van der Waals surface area contributed by atoms with Gasteiger partial charge in [0.25, 0.3) is 0 Å². The number of hydrogen-bond donors (Lipinski definition) is 0. The lowest BCUT2D eigenvalue weighted by Gasteiger charge is -2.09. The van der Waals surface area contributed by atoms with E-state index in [1.165, 1.54) is 0 Å². The van der Waals surface area contributed by atoms with Gasteiger partial charge in [0.2, 0.25) is 0 Å². The molecule has 0 aromatic carbocycles. The minimum Gasteiger partial charge on any atom is -0.468 e. The summed E-state index contributed by atoms with van der Waals surface area (Å²) in [6.45, 7) is 1.43. The van der Waals surface area contributed by atoms with Crippen molar-refractivity contribution in [2.45, 2.75) is 6.54 Å². The molecule has 1 aromatic rings. The van der Waals surface area contributed by atoms with E-state index in [9.17, 15) is 0 Å². The van der Waals surface area contributed by atoms with Crippen molar-refractivity contribution in [2.75, 3.05) is 13.6 Å². The zero-order chi connectivity index (χ0) is 8.10. The first-order chi connectivity index (χ1) is 5.33. The molecule has 1 heterocycles. The third-order valence-electron chi connectivity index (χ3n) is 1.37. The van der Waals surface area contributed by atoms with Crippen LogP contribution in [0.5, 0.6) is 0 Å². The molecule has 0 spiro atoms. The van der Waals surface area contributed by atoms with Crippen LogP contribution in [-0.2, 0) is 6.54 Å². The Morgan fingerprint density at radius 3 is 3.09 bits per heavy atom. The van der Waals surface area contributed by atoms with Gasteiger partial charge in [-0.05, 0) is 19.2 Å². The van der Waals surface area contributed by atoms with Crippen LogP contribution in [0, 0.1) is 12.3 Å². The van der Waals surface area contributed by atoms with Crippen molar-refractivity contribution in [2.24, 2.45) is 0 Å². The van der Waals surface area contributed by atoms with E-state index < -0.39 is 0 Å². The average Bonchev–Trinajstić information content (AvgIpc) is 2.40. The van der Waals surface area contributed by atoms with Crippen molar-refractivity contribution in [1.82, 2.24) is 4.90 Å². The minimum absolute atomic E-state index is 0.653. The number of hydrogen-bond acceptors (Lipinski definition) is 2. The maximum atomic E-state index is 5.14. The standard InChI is InChI=1S/C9H11NO/c1-3-6-10(2)8-9-5-4-7-11-9/h1,4-5,7H,6,8H2,2H3. The summed E-state index contributed by atoms with van der Waals surface area (Å²) in [6, 6.07) is 3.81. The lowest BCUT2D eigenvalue weighted by molar-refractivity contribution is 0.327. The number of terminal acetylenes is 1. The van der Waals surface area contributed by atoms with Crippen LogP contribution >= 0.6 is 0 Å². The van der Waals surface area contributed by atoms with Gasteiger partial charge in [-0.1, -0.05) is 5.92 Å². The minimum atomic E-state index is 0.653. The molecule has 1 rings (SSSR count). The topological polar surface area (TPSA) is 16.4 Å². The summed E-state index contributed by atoms with van der Waals surface area (Å²) in [5.41, 5.74) is 0. The second-order valence-corrected chi connectivity index (χ2v) is 2.46. The van der Waals surface area contributed by atoms with E-state index in [1.807, 2.05) is 24.1 Å². The summed E-state index contributed by atoms with van der Waals surface area (Å²) >= 11 is 0. The van der Waals surface area contributed by atoms with Gasteiger partial charge in [0.1, 0.15) is 5.76 Å². The van der Waals surface area contributed by atoms with Gasteiger partial charge in [-0.15, -0.1) is 6.42 Å². The Balaban J connectivity index is 2.38. The van der Waals surface area contributed by atoms with Crippen molar-refractivity contribution < 1.29 is 4.42 Å². The second-order valence-electron chi connectivity index (χ2n) is 2.46. The van der Waals surface area contributed by atoms with Crippen molar-refractivity contribution >= 4 is 0 Å². The van der Waals surface area contributed by atoms with E-state index in [0.717, 1.165) is 12.3 Å². The predicted octanol–water partition coefficient (Wildman–Crippen LogP) is 1.34. The Morgan fingerprint density at radius 1 is 1.73 bits per heavy atom. The summed E-state index contributed by atoms with van der Waals surface area (Å²) in [5, 5.41) is 0. The van der Waals surface area contributed by atoms with Crippen molar-refractivity contribution in [1.29, 1.82) is 0 Å². The van der Waals surface area contributed by atoms with Crippen LogP contribution < -0.4 is 0 Å². The molecule has 0 amide bonds. The first-order valence-electron chi connectivity index (χ1n) is 3.47. The molecule has 11 heavy (non-hydrogen) atoms. The van der Waals surface area contributed by atoms with Gasteiger partial charge >= 0.3 is 0 Å². The van der Waals surface area contributed by atoms with Crippen LogP contribution in [0.3, 0.4) is 0 Å². The molecule has 58 valence electrons. The number of rotatable bonds is 3. The van der Waals surface area contributed by atoms with Crippen LogP contribution in [-0.4, -0.2) is 18.5 Å². The largest absolute Gasteiger partial charge is 0.468 e. The molecule has 0 aliphatic rings. The summed E-state index contributed by atoms with van der Waals surface area (Å²) in [5.74, 6) is 3.51. The molecule has 0 radical (unpaired) electrons. The smallest absolute Gasteiger partial charge is 0.117 e. The van der Waals surface area contributed by atoms with Gasteiger partial charge < -0.3 is 4.42 Å². The first-order valence-corrected chi connectivity index (χ1v) is 3.47. The quantitative estimate of drug-likeness (QED) is 0.603. The van der Waals surface area contributed by atoms with Gasteiger partial charge in [-0.2, -0.15) is 0 Å². The van der Waals surface area contributed by atoms with E-state index in [-0.39, 0.29) is 0 Å². The molecule has 0 aliphatic carbocycles. The van der Waals surface area contributed by atoms with Crippen LogP contribution in [0.25, 0.3) is 0 Å². The Hall–Kier alpha value is -1.20. The average molecular weight is 149 g/mol. The van der Waals surface area contributed by atoms with Crippen LogP contribution in [0.2, 0.25) is 0 Å². The zero-order valence-electron chi connectivity index (χ0n) is 6.58. The fourth-order valence-corrected chi connectivity index (χ4v) is 0.880. The third-order valence-corrected chi connectivity index (χ3v) is 1.37. The SMILES string of the molecule is C#CCN(C)Cc1ccco1. The Bertz CT molecular complexity index is 233. The zero-order valence-corrected chi connectivity index (χ0v) is 6.58. The third kappa shape index (κ3) is 2.48. The summed E-state index contributed by atoms with van der Waals surface area (Å²) in [6.07, 6.45) is 6.80. The van der Waals surface area contributed by atoms with Crippen LogP contribution in [0.1, 0.15) is 5.76 Å². The van der Waals surface area contributed by atoms with Crippen molar-refractivity contribution in [3.8, 4) is 12.3 Å². The van der Waals surface area contributed by atoms with E-state index in [1.54, 1.807) is 6.26 Å². The Kier molecular flexibility index (Phi) is 2.76. The van der Waals surface area contributed by atoms with E-state index >= 15 is 0 Å². The molecule has 2 heteroatoms. The number of furan rings is 1. The Labute approximate surface area is 66.8 Å². The fourth-order valence-electron chi connectivity index (χ4n) is 0.880. The Morgan fingerprint density at radius 2 is 2.55 bits per heavy atom. The van der Waals surface area contributed by atoms with Gasteiger partial charge in [0.15, 0.2) is 0 Å². The highest BCUT2D eigenvalue weighted by molar-refractivity contribution is 4.98. The van der Waals surface area contributed by atoms with Crippen molar-refractivity contribution in [3.63, 3.8) is 0 Å². The van der Waals surface area contributed by atoms with Gasteiger partial charge in [-0.25, -0.2) is 0 Å². The lowest BCUT2D eigenvalue weighted by Crippen LogP contribution is -2.17. The van der Waals surface area contributed by atoms with Crippen molar-refractivity contribution in [3.05, 3.63) is 24.2 Å². The molecule has 0 saturated carbocycles. The molecule has 1 aromatic heterocycles.